The molecule has 5 nitrogen and oxygen atoms in total. The van der Waals surface area contributed by atoms with Crippen LogP contribution in [0.5, 0.6) is 5.75 Å². The highest BCUT2D eigenvalue weighted by Crippen LogP contribution is 2.50. The zero-order chi connectivity index (χ0) is 10.1. The first-order chi connectivity index (χ1) is 6.66. The van der Waals surface area contributed by atoms with Gasteiger partial charge in [-0.1, -0.05) is 0 Å². The number of rotatable bonds is 1. The van der Waals surface area contributed by atoms with Crippen molar-refractivity contribution in [3.05, 3.63) is 33.9 Å². The summed E-state index contributed by atoms with van der Waals surface area (Å²) >= 11 is 5.63. The van der Waals surface area contributed by atoms with Crippen LogP contribution in [0.1, 0.15) is 5.56 Å². The SMILES string of the molecule is O=[N+]([O-])c1ccc2c(c1)COP(Cl)O2. The van der Waals surface area contributed by atoms with Gasteiger partial charge in [0.1, 0.15) is 5.75 Å². The van der Waals surface area contributed by atoms with Crippen LogP contribution in [0.3, 0.4) is 0 Å². The Morgan fingerprint density at radius 2 is 2.36 bits per heavy atom. The molecule has 1 atom stereocenters. The molecule has 14 heavy (non-hydrogen) atoms. The van der Waals surface area contributed by atoms with Gasteiger partial charge < -0.3 is 9.05 Å². The Hall–Kier alpha value is -0.900. The maximum absolute atomic E-state index is 10.5. The molecule has 1 unspecified atom stereocenters. The predicted octanol–water partition coefficient (Wildman–Crippen LogP) is 2.97. The number of fused-ring (bicyclic) bond motifs is 1. The van der Waals surface area contributed by atoms with Gasteiger partial charge in [0.15, 0.2) is 0 Å². The Morgan fingerprint density at radius 3 is 3.07 bits per heavy atom. The first kappa shape index (κ1) is 9.65. The lowest BCUT2D eigenvalue weighted by Crippen LogP contribution is -2.01. The Balaban J connectivity index is 2.36. The summed E-state index contributed by atoms with van der Waals surface area (Å²) < 4.78 is 10.2. The summed E-state index contributed by atoms with van der Waals surface area (Å²) in [5, 5.41) is 10.5. The molecule has 0 saturated carbocycles. The summed E-state index contributed by atoms with van der Waals surface area (Å²) in [5.41, 5.74) is 0.676. The molecule has 0 spiro atoms. The Morgan fingerprint density at radius 1 is 1.57 bits per heavy atom. The van der Waals surface area contributed by atoms with Crippen molar-refractivity contribution in [3.8, 4) is 5.75 Å². The van der Waals surface area contributed by atoms with E-state index in [1.165, 1.54) is 18.2 Å². The maximum atomic E-state index is 10.5. The lowest BCUT2D eigenvalue weighted by atomic mass is 10.2. The second kappa shape index (κ2) is 3.69. The molecule has 1 aromatic rings. The van der Waals surface area contributed by atoms with Gasteiger partial charge in [-0.25, -0.2) is 0 Å². The molecule has 0 N–H and O–H groups in total. The predicted molar refractivity (Wildman–Crippen MR) is 51.3 cm³/mol. The molecule has 74 valence electrons. The Kier molecular flexibility index (Phi) is 2.54. The monoisotopic (exact) mass is 233 g/mol. The fourth-order valence-electron chi connectivity index (χ4n) is 1.11. The molecule has 0 bridgehead atoms. The molecule has 0 aliphatic carbocycles. The van der Waals surface area contributed by atoms with Crippen molar-refractivity contribution in [1.29, 1.82) is 0 Å². The minimum absolute atomic E-state index is 0.0248. The molecule has 1 heterocycles. The van der Waals surface area contributed by atoms with Gasteiger partial charge in [0.25, 0.3) is 5.69 Å². The molecule has 7 heteroatoms. The third-order valence-electron chi connectivity index (χ3n) is 1.75. The van der Waals surface area contributed by atoms with E-state index in [-0.39, 0.29) is 12.3 Å². The number of hydrogen-bond acceptors (Lipinski definition) is 4. The zero-order valence-corrected chi connectivity index (χ0v) is 8.49. The van der Waals surface area contributed by atoms with Crippen LogP contribution >= 0.6 is 19.0 Å². The third kappa shape index (κ3) is 1.80. The van der Waals surface area contributed by atoms with Gasteiger partial charge in [0.2, 0.25) is 0 Å². The molecule has 0 radical (unpaired) electrons. The molecule has 1 aliphatic heterocycles. The van der Waals surface area contributed by atoms with E-state index in [9.17, 15) is 10.1 Å². The van der Waals surface area contributed by atoms with Crippen LogP contribution < -0.4 is 4.52 Å². The van der Waals surface area contributed by atoms with E-state index in [2.05, 4.69) is 0 Å². The van der Waals surface area contributed by atoms with Crippen molar-refractivity contribution in [2.45, 2.75) is 6.61 Å². The normalized spacial score (nSPS) is 19.6. The standard InChI is InChI=1S/C7H5ClNO4P/c8-14-12-4-5-3-6(9(10)11)1-2-7(5)13-14/h1-3H,4H2. The van der Waals surface area contributed by atoms with Crippen LogP contribution in [0.15, 0.2) is 18.2 Å². The topological polar surface area (TPSA) is 61.6 Å². The molecule has 1 aliphatic rings. The smallest absolute Gasteiger partial charge is 0.338 e. The Bertz CT molecular complexity index is 386. The molecule has 0 fully saturated rings. The van der Waals surface area contributed by atoms with Crippen LogP contribution in [0, 0.1) is 10.1 Å². The molecule has 0 saturated heterocycles. The van der Waals surface area contributed by atoms with Gasteiger partial charge in [0.05, 0.1) is 11.5 Å². The lowest BCUT2D eigenvalue weighted by molar-refractivity contribution is -0.385. The fourth-order valence-corrected chi connectivity index (χ4v) is 2.10. The van der Waals surface area contributed by atoms with Crippen molar-refractivity contribution < 1.29 is 14.0 Å². The number of benzene rings is 1. The number of hydrogen-bond donors (Lipinski definition) is 0. The van der Waals surface area contributed by atoms with Gasteiger partial charge in [-0.15, -0.1) is 0 Å². The number of nitro benzene ring substituents is 1. The highest BCUT2D eigenvalue weighted by molar-refractivity contribution is 7.76. The van der Waals surface area contributed by atoms with E-state index in [1.807, 2.05) is 0 Å². The first-order valence-corrected chi connectivity index (χ1v) is 5.79. The molecule has 1 aromatic carbocycles. The van der Waals surface area contributed by atoms with Crippen LogP contribution in [-0.2, 0) is 11.1 Å². The van der Waals surface area contributed by atoms with Crippen LogP contribution in [0.25, 0.3) is 0 Å². The first-order valence-electron chi connectivity index (χ1n) is 3.71. The van der Waals surface area contributed by atoms with Gasteiger partial charge in [-0.2, -0.15) is 0 Å². The number of halogens is 1. The second-order valence-corrected chi connectivity index (χ2v) is 4.32. The van der Waals surface area contributed by atoms with Crippen molar-refractivity contribution in [1.82, 2.24) is 0 Å². The van der Waals surface area contributed by atoms with E-state index >= 15 is 0 Å². The largest absolute Gasteiger partial charge is 0.436 e. The van der Waals surface area contributed by atoms with Crippen molar-refractivity contribution in [2.75, 3.05) is 0 Å². The highest BCUT2D eigenvalue weighted by atomic mass is 35.7. The van der Waals surface area contributed by atoms with Crippen LogP contribution in [0.4, 0.5) is 5.69 Å². The molecule has 2 rings (SSSR count). The fraction of sp³-hybridized carbons (Fsp3) is 0.143. The molecule has 0 aromatic heterocycles. The summed E-state index contributed by atoms with van der Waals surface area (Å²) in [6.07, 6.45) is 0. The van der Waals surface area contributed by atoms with Crippen molar-refractivity contribution >= 4 is 24.7 Å². The zero-order valence-electron chi connectivity index (χ0n) is 6.84. The number of nitrogens with zero attached hydrogens (tertiary/aromatic N) is 1. The van der Waals surface area contributed by atoms with E-state index in [1.54, 1.807) is 0 Å². The molecular weight excluding hydrogens is 229 g/mol. The summed E-state index contributed by atoms with van der Waals surface area (Å²) in [7, 11) is -1.40. The van der Waals surface area contributed by atoms with Gasteiger partial charge >= 0.3 is 7.73 Å². The summed E-state index contributed by atoms with van der Waals surface area (Å²) in [6, 6.07) is 4.34. The van der Waals surface area contributed by atoms with E-state index < -0.39 is 12.7 Å². The van der Waals surface area contributed by atoms with Gasteiger partial charge in [-0.3, -0.25) is 10.1 Å². The Labute approximate surface area is 85.4 Å². The summed E-state index contributed by atoms with van der Waals surface area (Å²) in [6.45, 7) is 0.256. The van der Waals surface area contributed by atoms with Gasteiger partial charge in [-0.05, 0) is 17.3 Å². The lowest BCUT2D eigenvalue weighted by Gasteiger charge is -2.19. The van der Waals surface area contributed by atoms with Crippen molar-refractivity contribution in [2.24, 2.45) is 0 Å². The maximum Gasteiger partial charge on any atom is 0.338 e. The van der Waals surface area contributed by atoms with Crippen molar-refractivity contribution in [3.63, 3.8) is 0 Å². The van der Waals surface area contributed by atoms with Gasteiger partial charge in [0, 0.05) is 17.7 Å². The number of non-ortho nitro benzene ring substituents is 1. The van der Waals surface area contributed by atoms with E-state index in [4.69, 9.17) is 20.3 Å². The van der Waals surface area contributed by atoms with E-state index in [0.717, 1.165) is 0 Å². The molecule has 0 amide bonds. The van der Waals surface area contributed by atoms with Crippen LogP contribution in [0.2, 0.25) is 0 Å². The average molecular weight is 234 g/mol. The molecular formula is C7H5ClNO4P. The summed E-state index contributed by atoms with van der Waals surface area (Å²) in [4.78, 5) is 9.99. The average Bonchev–Trinajstić information content (AvgIpc) is 2.16. The minimum Gasteiger partial charge on any atom is -0.436 e. The van der Waals surface area contributed by atoms with E-state index in [0.29, 0.717) is 11.3 Å². The minimum atomic E-state index is -1.40. The second-order valence-electron chi connectivity index (χ2n) is 2.63. The summed E-state index contributed by atoms with van der Waals surface area (Å²) in [5.74, 6) is 0.558. The quantitative estimate of drug-likeness (QED) is 0.425. The highest BCUT2D eigenvalue weighted by Gasteiger charge is 2.21. The van der Waals surface area contributed by atoms with Crippen LogP contribution in [-0.4, -0.2) is 4.92 Å². The number of nitro groups is 1. The third-order valence-corrected chi connectivity index (χ3v) is 2.92.